The molecular formula is C15H25NO6. The van der Waals surface area contributed by atoms with Gasteiger partial charge in [-0.1, -0.05) is 12.8 Å². The molecule has 0 aromatic heterocycles. The number of rotatable bonds is 8. The maximum Gasteiger partial charge on any atom is 0.220 e. The third kappa shape index (κ3) is 5.55. The normalized spacial score (nSPS) is 31.5. The summed E-state index contributed by atoms with van der Waals surface area (Å²) in [6.45, 7) is 1.91. The largest absolute Gasteiger partial charge is 0.394 e. The summed E-state index contributed by atoms with van der Waals surface area (Å²) in [6, 6.07) is 0. The number of carbonyl (C=O) groups is 1. The van der Waals surface area contributed by atoms with Crippen molar-refractivity contribution in [3.05, 3.63) is 0 Å². The number of aliphatic hydroxyl groups excluding tert-OH is 3. The second kappa shape index (κ2) is 9.77. The lowest BCUT2D eigenvalue weighted by Gasteiger charge is -2.40. The summed E-state index contributed by atoms with van der Waals surface area (Å²) in [5.41, 5.74) is 0. The fraction of sp³-hybridized carbons (Fsp3) is 0.800. The van der Waals surface area contributed by atoms with Gasteiger partial charge < -0.3 is 30.1 Å². The number of carbonyl (C=O) groups excluding carboxylic acids is 1. The average Bonchev–Trinajstić information content (AvgIpc) is 2.52. The van der Waals surface area contributed by atoms with E-state index in [0.717, 1.165) is 0 Å². The van der Waals surface area contributed by atoms with Crippen molar-refractivity contribution in [3.8, 4) is 12.3 Å². The number of aliphatic hydroxyl groups is 3. The molecule has 4 N–H and O–H groups in total. The molecule has 1 saturated heterocycles. The summed E-state index contributed by atoms with van der Waals surface area (Å²) in [6.07, 6.45) is 3.02. The van der Waals surface area contributed by atoms with Crippen LogP contribution >= 0.6 is 0 Å². The van der Waals surface area contributed by atoms with Crippen molar-refractivity contribution < 1.29 is 29.6 Å². The van der Waals surface area contributed by atoms with Gasteiger partial charge in [-0.15, -0.1) is 6.42 Å². The first-order valence-corrected chi connectivity index (χ1v) is 7.45. The van der Waals surface area contributed by atoms with Crippen LogP contribution in [0.3, 0.4) is 0 Å². The number of nitrogens with one attached hydrogen (secondary N) is 1. The van der Waals surface area contributed by atoms with Gasteiger partial charge >= 0.3 is 0 Å². The van der Waals surface area contributed by atoms with E-state index >= 15 is 0 Å². The minimum absolute atomic E-state index is 0.0980. The van der Waals surface area contributed by atoms with Gasteiger partial charge in [0.2, 0.25) is 5.91 Å². The minimum atomic E-state index is -1.13. The van der Waals surface area contributed by atoms with Crippen LogP contribution in [0.1, 0.15) is 26.2 Å². The van der Waals surface area contributed by atoms with Crippen molar-refractivity contribution in [2.75, 3.05) is 19.8 Å². The third-order valence-corrected chi connectivity index (χ3v) is 3.66. The molecule has 5 atom stereocenters. The first kappa shape index (κ1) is 18.9. The van der Waals surface area contributed by atoms with Gasteiger partial charge in [-0.05, 0) is 12.8 Å². The van der Waals surface area contributed by atoms with E-state index in [1.165, 1.54) is 0 Å². The van der Waals surface area contributed by atoms with Gasteiger partial charge in [0, 0.05) is 18.9 Å². The molecule has 0 aromatic rings. The molecular weight excluding hydrogens is 290 g/mol. The molecule has 126 valence electrons. The van der Waals surface area contributed by atoms with E-state index in [-0.39, 0.29) is 19.1 Å². The number of hydrogen-bond donors (Lipinski definition) is 4. The summed E-state index contributed by atoms with van der Waals surface area (Å²) in [7, 11) is 0. The van der Waals surface area contributed by atoms with Crippen molar-refractivity contribution in [3.63, 3.8) is 0 Å². The molecule has 0 radical (unpaired) electrons. The molecule has 0 saturated carbocycles. The highest BCUT2D eigenvalue weighted by Gasteiger charge is 2.42. The number of ether oxygens (including phenoxy) is 2. The molecule has 0 spiro atoms. The predicted octanol–water partition coefficient (Wildman–Crippen LogP) is -1.00. The number of terminal acetylenes is 1. The fourth-order valence-corrected chi connectivity index (χ4v) is 2.24. The highest BCUT2D eigenvalue weighted by atomic mass is 16.7. The van der Waals surface area contributed by atoms with Crippen molar-refractivity contribution in [1.82, 2.24) is 5.32 Å². The van der Waals surface area contributed by atoms with Gasteiger partial charge in [0.05, 0.1) is 19.3 Å². The Hall–Kier alpha value is -1.17. The lowest BCUT2D eigenvalue weighted by molar-refractivity contribution is -0.282. The van der Waals surface area contributed by atoms with Crippen LogP contribution < -0.4 is 5.32 Å². The SMILES string of the molecule is C#CCNC(=O)CCCCOC1OC(CO)C(O)C(O)C1C. The van der Waals surface area contributed by atoms with Crippen molar-refractivity contribution >= 4 is 5.91 Å². The van der Waals surface area contributed by atoms with Crippen LogP contribution in [0, 0.1) is 18.3 Å². The van der Waals surface area contributed by atoms with Crippen LogP contribution in [0.15, 0.2) is 0 Å². The van der Waals surface area contributed by atoms with E-state index in [1.807, 2.05) is 0 Å². The quantitative estimate of drug-likeness (QED) is 0.338. The van der Waals surface area contributed by atoms with Crippen molar-refractivity contribution in [2.24, 2.45) is 5.92 Å². The van der Waals surface area contributed by atoms with E-state index in [0.29, 0.717) is 25.9 Å². The lowest BCUT2D eigenvalue weighted by Crippen LogP contribution is -2.55. The number of amides is 1. The van der Waals surface area contributed by atoms with Crippen molar-refractivity contribution in [2.45, 2.75) is 50.8 Å². The zero-order valence-electron chi connectivity index (χ0n) is 12.8. The van der Waals surface area contributed by atoms with E-state index in [9.17, 15) is 15.0 Å². The molecule has 22 heavy (non-hydrogen) atoms. The van der Waals surface area contributed by atoms with Gasteiger partial charge in [0.25, 0.3) is 0 Å². The molecule has 1 aliphatic heterocycles. The summed E-state index contributed by atoms with van der Waals surface area (Å²) in [5, 5.41) is 31.3. The van der Waals surface area contributed by atoms with Crippen LogP contribution in [-0.4, -0.2) is 65.6 Å². The molecule has 7 heteroatoms. The van der Waals surface area contributed by atoms with Gasteiger partial charge in [0.15, 0.2) is 6.29 Å². The Morgan fingerprint density at radius 3 is 2.73 bits per heavy atom. The van der Waals surface area contributed by atoms with Crippen molar-refractivity contribution in [1.29, 1.82) is 0 Å². The molecule has 1 aliphatic rings. The Morgan fingerprint density at radius 2 is 2.09 bits per heavy atom. The zero-order chi connectivity index (χ0) is 16.5. The molecule has 0 aliphatic carbocycles. The third-order valence-electron chi connectivity index (χ3n) is 3.66. The van der Waals surface area contributed by atoms with Gasteiger partial charge in [-0.2, -0.15) is 0 Å². The molecule has 5 unspecified atom stereocenters. The van der Waals surface area contributed by atoms with E-state index in [4.69, 9.17) is 21.0 Å². The Labute approximate surface area is 130 Å². The van der Waals surface area contributed by atoms with E-state index in [2.05, 4.69) is 11.2 Å². The number of unbranched alkanes of at least 4 members (excludes halogenated alkanes) is 1. The molecule has 1 fully saturated rings. The van der Waals surface area contributed by atoms with E-state index in [1.54, 1.807) is 6.92 Å². The van der Waals surface area contributed by atoms with Gasteiger partial charge in [-0.25, -0.2) is 0 Å². The monoisotopic (exact) mass is 315 g/mol. The first-order valence-electron chi connectivity index (χ1n) is 7.45. The summed E-state index contributed by atoms with van der Waals surface area (Å²) >= 11 is 0. The minimum Gasteiger partial charge on any atom is -0.394 e. The Kier molecular flexibility index (Phi) is 8.38. The standard InChI is InChI=1S/C15H25NO6/c1-3-7-16-12(18)6-4-5-8-21-15-10(2)13(19)14(20)11(9-17)22-15/h1,10-11,13-15,17,19-20H,4-9H2,2H3,(H,16,18). The molecule has 0 bridgehead atoms. The lowest BCUT2D eigenvalue weighted by atomic mass is 9.92. The highest BCUT2D eigenvalue weighted by molar-refractivity contribution is 5.76. The summed E-state index contributed by atoms with van der Waals surface area (Å²) < 4.78 is 11.0. The molecule has 1 rings (SSSR count). The summed E-state index contributed by atoms with van der Waals surface area (Å²) in [4.78, 5) is 11.3. The first-order chi connectivity index (χ1) is 10.5. The second-order valence-electron chi connectivity index (χ2n) is 5.37. The molecule has 1 amide bonds. The number of hydrogen-bond acceptors (Lipinski definition) is 6. The van der Waals surface area contributed by atoms with Gasteiger partial charge in [-0.3, -0.25) is 4.79 Å². The van der Waals surface area contributed by atoms with E-state index < -0.39 is 30.5 Å². The Morgan fingerprint density at radius 1 is 1.36 bits per heavy atom. The smallest absolute Gasteiger partial charge is 0.220 e. The average molecular weight is 315 g/mol. The molecule has 0 aromatic carbocycles. The van der Waals surface area contributed by atoms with Gasteiger partial charge in [0.1, 0.15) is 12.2 Å². The maximum absolute atomic E-state index is 11.3. The fourth-order valence-electron chi connectivity index (χ4n) is 2.24. The molecule has 1 heterocycles. The Balaban J connectivity index is 2.24. The van der Waals surface area contributed by atoms with Crippen LogP contribution in [0.25, 0.3) is 0 Å². The second-order valence-corrected chi connectivity index (χ2v) is 5.37. The summed E-state index contributed by atoms with van der Waals surface area (Å²) in [5.74, 6) is 1.82. The maximum atomic E-state index is 11.3. The molecule has 7 nitrogen and oxygen atoms in total. The zero-order valence-corrected chi connectivity index (χ0v) is 12.8. The Bertz CT molecular complexity index is 381. The topological polar surface area (TPSA) is 108 Å². The predicted molar refractivity (Wildman–Crippen MR) is 78.6 cm³/mol. The van der Waals surface area contributed by atoms with Crippen LogP contribution in [-0.2, 0) is 14.3 Å². The highest BCUT2D eigenvalue weighted by Crippen LogP contribution is 2.26. The van der Waals surface area contributed by atoms with Crippen LogP contribution in [0.5, 0.6) is 0 Å². The van der Waals surface area contributed by atoms with Crippen LogP contribution in [0.4, 0.5) is 0 Å². The van der Waals surface area contributed by atoms with Crippen LogP contribution in [0.2, 0.25) is 0 Å².